The summed E-state index contributed by atoms with van der Waals surface area (Å²) in [6.07, 6.45) is 3.20. The molecule has 0 bridgehead atoms. The third kappa shape index (κ3) is 2.89. The van der Waals surface area contributed by atoms with Gasteiger partial charge in [-0.05, 0) is 67.3 Å². The molecule has 1 aliphatic carbocycles. The van der Waals surface area contributed by atoms with Crippen molar-refractivity contribution in [3.8, 4) is 16.6 Å². The Morgan fingerprint density at radius 1 is 1.12 bits per heavy atom. The number of pyridine rings is 1. The van der Waals surface area contributed by atoms with E-state index in [-0.39, 0.29) is 0 Å². The Balaban J connectivity index is 1.73. The molecule has 0 amide bonds. The van der Waals surface area contributed by atoms with E-state index in [1.54, 1.807) is 11.3 Å². The molecule has 0 aliphatic heterocycles. The predicted molar refractivity (Wildman–Crippen MR) is 99.0 cm³/mol. The smallest absolute Gasteiger partial charge is 0.0991 e. The number of rotatable bonds is 3. The number of nitrogens with one attached hydrogen (secondary N) is 1. The summed E-state index contributed by atoms with van der Waals surface area (Å²) in [5.41, 5.74) is 6.17. The maximum atomic E-state index is 8.92. The number of nitrogens with zero attached hydrogens (tertiary/aromatic N) is 2. The van der Waals surface area contributed by atoms with Crippen LogP contribution in [0.5, 0.6) is 0 Å². The number of benzene rings is 1. The first-order valence-corrected chi connectivity index (χ1v) is 8.98. The molecule has 2 heterocycles. The molecule has 2 aromatic heterocycles. The summed E-state index contributed by atoms with van der Waals surface area (Å²) < 4.78 is 0.772. The van der Waals surface area contributed by atoms with Crippen LogP contribution in [0.15, 0.2) is 42.5 Å². The summed E-state index contributed by atoms with van der Waals surface area (Å²) >= 11 is 7.62. The SMILES string of the molecule is N#Cc1ccc(Nc2cc(-c3ccc(Cl)s3)nc3c2CCC3)cc1. The highest BCUT2D eigenvalue weighted by Crippen LogP contribution is 2.36. The molecule has 0 saturated carbocycles. The molecule has 118 valence electrons. The lowest BCUT2D eigenvalue weighted by atomic mass is 10.1. The second-order valence-corrected chi connectivity index (χ2v) is 7.47. The highest BCUT2D eigenvalue weighted by atomic mass is 35.5. The van der Waals surface area contributed by atoms with Crippen LogP contribution in [0.3, 0.4) is 0 Å². The number of nitriles is 1. The molecule has 0 radical (unpaired) electrons. The molecular weight excluding hydrogens is 338 g/mol. The van der Waals surface area contributed by atoms with Crippen molar-refractivity contribution in [3.63, 3.8) is 0 Å². The second-order valence-electron chi connectivity index (χ2n) is 5.75. The van der Waals surface area contributed by atoms with Crippen LogP contribution in [0.4, 0.5) is 11.4 Å². The monoisotopic (exact) mass is 351 g/mol. The van der Waals surface area contributed by atoms with E-state index in [9.17, 15) is 0 Å². The lowest BCUT2D eigenvalue weighted by Crippen LogP contribution is -1.99. The second kappa shape index (κ2) is 6.27. The highest BCUT2D eigenvalue weighted by Gasteiger charge is 2.19. The summed E-state index contributed by atoms with van der Waals surface area (Å²) in [7, 11) is 0. The Bertz CT molecular complexity index is 938. The van der Waals surface area contributed by atoms with E-state index in [0.717, 1.165) is 45.5 Å². The first-order valence-electron chi connectivity index (χ1n) is 7.78. The average Bonchev–Trinajstić information content (AvgIpc) is 3.24. The van der Waals surface area contributed by atoms with Crippen molar-refractivity contribution in [2.45, 2.75) is 19.3 Å². The standard InChI is InChI=1S/C19H14ClN3S/c20-19-9-8-18(24-19)17-10-16(14-2-1-3-15(14)23-17)22-13-6-4-12(11-21)5-7-13/h4-10H,1-3H2,(H,22,23). The first-order chi connectivity index (χ1) is 11.7. The molecule has 0 fully saturated rings. The number of anilines is 2. The lowest BCUT2D eigenvalue weighted by molar-refractivity contribution is 0.900. The van der Waals surface area contributed by atoms with Gasteiger partial charge in [0, 0.05) is 17.1 Å². The van der Waals surface area contributed by atoms with Gasteiger partial charge in [-0.1, -0.05) is 11.6 Å². The summed E-state index contributed by atoms with van der Waals surface area (Å²) in [5.74, 6) is 0. The van der Waals surface area contributed by atoms with Gasteiger partial charge in [-0.25, -0.2) is 0 Å². The third-order valence-electron chi connectivity index (χ3n) is 4.17. The normalized spacial score (nSPS) is 12.7. The summed E-state index contributed by atoms with van der Waals surface area (Å²) in [5, 5.41) is 12.4. The van der Waals surface area contributed by atoms with Gasteiger partial charge in [0.25, 0.3) is 0 Å². The van der Waals surface area contributed by atoms with Crippen LogP contribution in [-0.2, 0) is 12.8 Å². The van der Waals surface area contributed by atoms with Gasteiger partial charge >= 0.3 is 0 Å². The fraction of sp³-hybridized carbons (Fsp3) is 0.158. The first kappa shape index (κ1) is 15.2. The lowest BCUT2D eigenvalue weighted by Gasteiger charge is -2.13. The molecule has 3 aromatic rings. The number of aromatic nitrogens is 1. The van der Waals surface area contributed by atoms with E-state index >= 15 is 0 Å². The van der Waals surface area contributed by atoms with Crippen molar-refractivity contribution in [3.05, 3.63) is 63.6 Å². The zero-order valence-corrected chi connectivity index (χ0v) is 14.4. The molecule has 4 rings (SSSR count). The van der Waals surface area contributed by atoms with Crippen molar-refractivity contribution < 1.29 is 0 Å². The Hall–Kier alpha value is -2.35. The molecule has 3 nitrogen and oxygen atoms in total. The molecule has 1 aromatic carbocycles. The van der Waals surface area contributed by atoms with E-state index in [2.05, 4.69) is 17.5 Å². The van der Waals surface area contributed by atoms with Crippen LogP contribution < -0.4 is 5.32 Å². The number of aryl methyl sites for hydroxylation is 1. The van der Waals surface area contributed by atoms with E-state index in [4.69, 9.17) is 21.8 Å². The van der Waals surface area contributed by atoms with Gasteiger partial charge in [-0.3, -0.25) is 4.98 Å². The van der Waals surface area contributed by atoms with Crippen LogP contribution in [0, 0.1) is 11.3 Å². The van der Waals surface area contributed by atoms with Gasteiger partial charge in [0.2, 0.25) is 0 Å². The molecule has 5 heteroatoms. The minimum absolute atomic E-state index is 0.662. The van der Waals surface area contributed by atoms with Crippen LogP contribution in [-0.4, -0.2) is 4.98 Å². The van der Waals surface area contributed by atoms with Crippen LogP contribution in [0.2, 0.25) is 4.34 Å². The molecule has 0 unspecified atom stereocenters. The number of fused-ring (bicyclic) bond motifs is 1. The van der Waals surface area contributed by atoms with Crippen LogP contribution >= 0.6 is 22.9 Å². The molecular formula is C19H14ClN3S. The Morgan fingerprint density at radius 2 is 1.96 bits per heavy atom. The number of thiophene rings is 1. The van der Waals surface area contributed by atoms with Gasteiger partial charge in [0.05, 0.1) is 26.5 Å². The number of halogens is 1. The van der Waals surface area contributed by atoms with Crippen molar-refractivity contribution in [2.75, 3.05) is 5.32 Å². The summed E-state index contributed by atoms with van der Waals surface area (Å²) in [4.78, 5) is 5.92. The van der Waals surface area contributed by atoms with E-state index in [1.165, 1.54) is 11.3 Å². The maximum absolute atomic E-state index is 8.92. The maximum Gasteiger partial charge on any atom is 0.0991 e. The number of hydrogen-bond donors (Lipinski definition) is 1. The molecule has 0 atom stereocenters. The molecule has 1 aliphatic rings. The zero-order chi connectivity index (χ0) is 16.5. The van der Waals surface area contributed by atoms with Gasteiger partial charge < -0.3 is 5.32 Å². The van der Waals surface area contributed by atoms with Crippen molar-refractivity contribution in [2.24, 2.45) is 0 Å². The third-order valence-corrected chi connectivity index (χ3v) is 5.42. The van der Waals surface area contributed by atoms with Crippen molar-refractivity contribution in [1.82, 2.24) is 4.98 Å². The van der Waals surface area contributed by atoms with Crippen LogP contribution in [0.25, 0.3) is 10.6 Å². The topological polar surface area (TPSA) is 48.7 Å². The molecule has 24 heavy (non-hydrogen) atoms. The summed E-state index contributed by atoms with van der Waals surface area (Å²) in [6, 6.07) is 15.7. The zero-order valence-electron chi connectivity index (χ0n) is 12.8. The largest absolute Gasteiger partial charge is 0.355 e. The van der Waals surface area contributed by atoms with E-state index in [0.29, 0.717) is 5.56 Å². The average molecular weight is 352 g/mol. The number of hydrogen-bond acceptors (Lipinski definition) is 4. The molecule has 1 N–H and O–H groups in total. The van der Waals surface area contributed by atoms with E-state index < -0.39 is 0 Å². The fourth-order valence-corrected chi connectivity index (χ4v) is 4.02. The highest BCUT2D eigenvalue weighted by molar-refractivity contribution is 7.19. The quantitative estimate of drug-likeness (QED) is 0.671. The van der Waals surface area contributed by atoms with Gasteiger partial charge in [-0.15, -0.1) is 11.3 Å². The molecule has 0 saturated heterocycles. The molecule has 0 spiro atoms. The van der Waals surface area contributed by atoms with Gasteiger partial charge in [-0.2, -0.15) is 5.26 Å². The van der Waals surface area contributed by atoms with Crippen molar-refractivity contribution in [1.29, 1.82) is 5.26 Å². The Kier molecular flexibility index (Phi) is 3.97. The van der Waals surface area contributed by atoms with Gasteiger partial charge in [0.1, 0.15) is 0 Å². The predicted octanol–water partition coefficient (Wildman–Crippen LogP) is 5.57. The van der Waals surface area contributed by atoms with Crippen molar-refractivity contribution >= 4 is 34.3 Å². The fourth-order valence-electron chi connectivity index (χ4n) is 3.02. The van der Waals surface area contributed by atoms with E-state index in [1.807, 2.05) is 36.4 Å². The summed E-state index contributed by atoms with van der Waals surface area (Å²) in [6.45, 7) is 0. The Morgan fingerprint density at radius 3 is 2.67 bits per heavy atom. The van der Waals surface area contributed by atoms with Crippen LogP contribution in [0.1, 0.15) is 23.2 Å². The Labute approximate surface area is 149 Å². The minimum Gasteiger partial charge on any atom is -0.355 e. The van der Waals surface area contributed by atoms with Gasteiger partial charge in [0.15, 0.2) is 0 Å². The minimum atomic E-state index is 0.662.